The molecule has 2 unspecified atom stereocenters. The molecule has 7 heteroatoms. The Morgan fingerprint density at radius 1 is 1.36 bits per heavy atom. The molecule has 25 heavy (non-hydrogen) atoms. The van der Waals surface area contributed by atoms with Crippen LogP contribution in [0, 0.1) is 0 Å². The second kappa shape index (κ2) is 7.33. The van der Waals surface area contributed by atoms with Crippen molar-refractivity contribution >= 4 is 17.7 Å². The topological polar surface area (TPSA) is 105 Å². The van der Waals surface area contributed by atoms with Gasteiger partial charge in [-0.05, 0) is 30.0 Å². The molecule has 0 aromatic heterocycles. The van der Waals surface area contributed by atoms with Gasteiger partial charge in [0.1, 0.15) is 6.04 Å². The van der Waals surface area contributed by atoms with Gasteiger partial charge in [-0.2, -0.15) is 0 Å². The van der Waals surface area contributed by atoms with Gasteiger partial charge in [0.05, 0.1) is 0 Å². The maximum absolute atomic E-state index is 12.7. The number of piperidine rings is 1. The largest absolute Gasteiger partial charge is 0.327 e. The average molecular weight is 344 g/mol. The number of rotatable bonds is 6. The molecule has 2 aliphatic rings. The van der Waals surface area contributed by atoms with Crippen molar-refractivity contribution in [2.45, 2.75) is 51.4 Å². The summed E-state index contributed by atoms with van der Waals surface area (Å²) >= 11 is 0. The summed E-state index contributed by atoms with van der Waals surface area (Å²) in [5.41, 5.74) is 8.46. The number of nitrogens with two attached hydrogens (primary N) is 1. The predicted octanol–water partition coefficient (Wildman–Crippen LogP) is 0.275. The molecule has 0 bridgehead atoms. The lowest BCUT2D eigenvalue weighted by atomic mass is 10.0. The van der Waals surface area contributed by atoms with E-state index in [9.17, 15) is 14.4 Å². The van der Waals surface area contributed by atoms with E-state index in [4.69, 9.17) is 5.73 Å². The van der Waals surface area contributed by atoms with Crippen LogP contribution in [0.25, 0.3) is 0 Å². The van der Waals surface area contributed by atoms with Gasteiger partial charge in [-0.3, -0.25) is 19.7 Å². The molecule has 1 aromatic rings. The van der Waals surface area contributed by atoms with E-state index in [1.807, 2.05) is 25.1 Å². The number of amides is 3. The van der Waals surface area contributed by atoms with Gasteiger partial charge < -0.3 is 16.0 Å². The Bertz CT molecular complexity index is 704. The first kappa shape index (κ1) is 17.6. The second-order valence-electron chi connectivity index (χ2n) is 6.69. The number of carbonyl (C=O) groups excluding carboxylic acids is 3. The molecule has 4 N–H and O–H groups in total. The summed E-state index contributed by atoms with van der Waals surface area (Å²) in [7, 11) is 0. The molecule has 1 aromatic carbocycles. The lowest BCUT2D eigenvalue weighted by Crippen LogP contribution is -2.52. The van der Waals surface area contributed by atoms with E-state index in [0.29, 0.717) is 25.1 Å². The third-order valence-corrected chi connectivity index (χ3v) is 4.85. The van der Waals surface area contributed by atoms with Gasteiger partial charge in [-0.1, -0.05) is 19.1 Å². The molecule has 3 amide bonds. The Morgan fingerprint density at radius 3 is 2.88 bits per heavy atom. The van der Waals surface area contributed by atoms with E-state index in [-0.39, 0.29) is 30.2 Å². The highest BCUT2D eigenvalue weighted by atomic mass is 16.2. The van der Waals surface area contributed by atoms with Gasteiger partial charge in [0.25, 0.3) is 5.91 Å². The number of fused-ring (bicyclic) bond motifs is 1. The van der Waals surface area contributed by atoms with Crippen LogP contribution in [-0.2, 0) is 22.7 Å². The fraction of sp³-hybridized carbons (Fsp3) is 0.500. The summed E-state index contributed by atoms with van der Waals surface area (Å²) in [6.45, 7) is 3.83. The average Bonchev–Trinajstić information content (AvgIpc) is 2.91. The molecule has 1 fully saturated rings. The number of nitrogens with zero attached hydrogens (tertiary/aromatic N) is 1. The molecule has 7 nitrogen and oxygen atoms in total. The zero-order valence-electron chi connectivity index (χ0n) is 14.4. The third-order valence-electron chi connectivity index (χ3n) is 4.85. The van der Waals surface area contributed by atoms with Crippen molar-refractivity contribution in [2.75, 3.05) is 6.54 Å². The van der Waals surface area contributed by atoms with Crippen LogP contribution >= 0.6 is 0 Å². The van der Waals surface area contributed by atoms with Crippen LogP contribution < -0.4 is 16.4 Å². The van der Waals surface area contributed by atoms with E-state index in [1.54, 1.807) is 4.90 Å². The number of nitrogens with one attached hydrogen (secondary N) is 2. The minimum atomic E-state index is -0.568. The molecule has 2 atom stereocenters. The first-order valence-electron chi connectivity index (χ1n) is 8.72. The van der Waals surface area contributed by atoms with Crippen LogP contribution in [0.2, 0.25) is 0 Å². The number of hydrogen-bond donors (Lipinski definition) is 3. The normalized spacial score (nSPS) is 21.3. The van der Waals surface area contributed by atoms with Gasteiger partial charge in [0, 0.05) is 37.7 Å². The van der Waals surface area contributed by atoms with Gasteiger partial charge >= 0.3 is 0 Å². The predicted molar refractivity (Wildman–Crippen MR) is 92.5 cm³/mol. The molecule has 0 spiro atoms. The van der Waals surface area contributed by atoms with Gasteiger partial charge in [0.15, 0.2) is 0 Å². The Hall–Kier alpha value is -2.25. The molecule has 2 heterocycles. The summed E-state index contributed by atoms with van der Waals surface area (Å²) in [4.78, 5) is 37.6. The third kappa shape index (κ3) is 3.72. The summed E-state index contributed by atoms with van der Waals surface area (Å²) in [6.07, 6.45) is 1.56. The van der Waals surface area contributed by atoms with E-state index in [2.05, 4.69) is 10.6 Å². The lowest BCUT2D eigenvalue weighted by molar-refractivity contribution is -0.136. The number of benzene rings is 1. The summed E-state index contributed by atoms with van der Waals surface area (Å²) < 4.78 is 0. The zero-order chi connectivity index (χ0) is 18.0. The second-order valence-corrected chi connectivity index (χ2v) is 6.69. The summed E-state index contributed by atoms with van der Waals surface area (Å²) in [6, 6.07) is 5.37. The quantitative estimate of drug-likeness (QED) is 0.643. The fourth-order valence-corrected chi connectivity index (χ4v) is 3.26. The van der Waals surface area contributed by atoms with E-state index in [0.717, 1.165) is 24.1 Å². The van der Waals surface area contributed by atoms with Crippen molar-refractivity contribution in [3.8, 4) is 0 Å². The maximum atomic E-state index is 12.7. The van der Waals surface area contributed by atoms with Crippen molar-refractivity contribution < 1.29 is 14.4 Å². The van der Waals surface area contributed by atoms with Crippen molar-refractivity contribution in [1.82, 2.24) is 15.5 Å². The number of hydrogen-bond acceptors (Lipinski definition) is 5. The molecule has 0 saturated carbocycles. The zero-order valence-corrected chi connectivity index (χ0v) is 14.4. The SMILES string of the molecule is CCC(N)CNCc1ccc2c(c1)C(=O)N(C1CCC(=O)NC1=O)C2. The van der Waals surface area contributed by atoms with Crippen LogP contribution in [0.15, 0.2) is 18.2 Å². The van der Waals surface area contributed by atoms with E-state index >= 15 is 0 Å². The lowest BCUT2D eigenvalue weighted by Gasteiger charge is -2.29. The number of imide groups is 1. The first-order chi connectivity index (χ1) is 12.0. The van der Waals surface area contributed by atoms with Crippen molar-refractivity contribution in [2.24, 2.45) is 5.73 Å². The minimum Gasteiger partial charge on any atom is -0.327 e. The highest BCUT2D eigenvalue weighted by Gasteiger charge is 2.38. The Labute approximate surface area is 146 Å². The van der Waals surface area contributed by atoms with Gasteiger partial charge in [0.2, 0.25) is 11.8 Å². The van der Waals surface area contributed by atoms with Gasteiger partial charge in [-0.15, -0.1) is 0 Å². The van der Waals surface area contributed by atoms with Crippen LogP contribution in [0.4, 0.5) is 0 Å². The van der Waals surface area contributed by atoms with Crippen molar-refractivity contribution in [3.05, 3.63) is 34.9 Å². The first-order valence-corrected chi connectivity index (χ1v) is 8.72. The Balaban J connectivity index is 1.67. The van der Waals surface area contributed by atoms with Crippen LogP contribution in [-0.4, -0.2) is 41.2 Å². The minimum absolute atomic E-state index is 0.124. The molecule has 0 radical (unpaired) electrons. The fourth-order valence-electron chi connectivity index (χ4n) is 3.26. The molecule has 134 valence electrons. The van der Waals surface area contributed by atoms with Crippen LogP contribution in [0.1, 0.15) is 47.7 Å². The smallest absolute Gasteiger partial charge is 0.255 e. The standard InChI is InChI=1S/C18H24N4O3/c1-2-13(19)9-20-8-11-3-4-12-10-22(18(25)14(12)7-11)15-5-6-16(23)21-17(15)24/h3-4,7,13,15,20H,2,5-6,8-10,19H2,1H3,(H,21,23,24). The molecule has 0 aliphatic carbocycles. The molecule has 1 saturated heterocycles. The maximum Gasteiger partial charge on any atom is 0.255 e. The van der Waals surface area contributed by atoms with E-state index in [1.165, 1.54) is 0 Å². The van der Waals surface area contributed by atoms with Gasteiger partial charge in [-0.25, -0.2) is 0 Å². The molecule has 3 rings (SSSR count). The Kier molecular flexibility index (Phi) is 5.15. The van der Waals surface area contributed by atoms with Crippen molar-refractivity contribution in [3.63, 3.8) is 0 Å². The highest BCUT2D eigenvalue weighted by molar-refractivity contribution is 6.05. The van der Waals surface area contributed by atoms with Crippen LogP contribution in [0.5, 0.6) is 0 Å². The molecular formula is C18H24N4O3. The highest BCUT2D eigenvalue weighted by Crippen LogP contribution is 2.28. The van der Waals surface area contributed by atoms with Crippen LogP contribution in [0.3, 0.4) is 0 Å². The Morgan fingerprint density at radius 2 is 2.16 bits per heavy atom. The summed E-state index contributed by atoms with van der Waals surface area (Å²) in [5.74, 6) is -0.798. The van der Waals surface area contributed by atoms with Crippen molar-refractivity contribution in [1.29, 1.82) is 0 Å². The molecular weight excluding hydrogens is 320 g/mol. The molecule has 2 aliphatic heterocycles. The number of carbonyl (C=O) groups is 3. The monoisotopic (exact) mass is 344 g/mol. The summed E-state index contributed by atoms with van der Waals surface area (Å²) in [5, 5.41) is 5.61. The van der Waals surface area contributed by atoms with E-state index < -0.39 is 6.04 Å².